The SMILES string of the molecule is CCCCN(C)c1ncnc2ccc(I)cc12.[Cl-]. The van der Waals surface area contributed by atoms with Gasteiger partial charge in [-0.3, -0.25) is 0 Å². The summed E-state index contributed by atoms with van der Waals surface area (Å²) in [6.07, 6.45) is 4.03. The van der Waals surface area contributed by atoms with Crippen LogP contribution >= 0.6 is 22.6 Å². The molecule has 1 heterocycles. The summed E-state index contributed by atoms with van der Waals surface area (Å²) in [5.41, 5.74) is 1.01. The van der Waals surface area contributed by atoms with Crippen molar-refractivity contribution in [3.8, 4) is 0 Å². The maximum atomic E-state index is 4.41. The van der Waals surface area contributed by atoms with Crippen molar-refractivity contribution in [1.82, 2.24) is 9.97 Å². The van der Waals surface area contributed by atoms with E-state index in [1.165, 1.54) is 16.4 Å². The number of hydrogen-bond donors (Lipinski definition) is 0. The third kappa shape index (κ3) is 3.45. The van der Waals surface area contributed by atoms with Gasteiger partial charge in [0, 0.05) is 22.5 Å². The number of aromatic nitrogens is 2. The van der Waals surface area contributed by atoms with Crippen molar-refractivity contribution in [1.29, 1.82) is 0 Å². The Labute approximate surface area is 128 Å². The Hall–Kier alpha value is -0.620. The van der Waals surface area contributed by atoms with Crippen LogP contribution in [0.2, 0.25) is 0 Å². The fourth-order valence-corrected chi connectivity index (χ4v) is 2.31. The molecule has 0 radical (unpaired) electrons. The predicted octanol–water partition coefficient (Wildman–Crippen LogP) is 0.475. The second-order valence-corrected chi connectivity index (χ2v) is 5.38. The van der Waals surface area contributed by atoms with Crippen molar-refractivity contribution >= 4 is 39.3 Å². The normalized spacial score (nSPS) is 10.2. The van der Waals surface area contributed by atoms with E-state index in [0.29, 0.717) is 0 Å². The molecule has 0 saturated heterocycles. The quantitative estimate of drug-likeness (QED) is 0.727. The van der Waals surface area contributed by atoms with E-state index in [1.54, 1.807) is 6.33 Å². The van der Waals surface area contributed by atoms with Gasteiger partial charge in [-0.25, -0.2) is 9.97 Å². The molecule has 5 heteroatoms. The Bertz CT molecular complexity index is 519. The highest BCUT2D eigenvalue weighted by Crippen LogP contribution is 2.23. The Balaban J connectivity index is 0.00000162. The first-order chi connectivity index (χ1) is 8.22. The maximum Gasteiger partial charge on any atom is 0.139 e. The van der Waals surface area contributed by atoms with Gasteiger partial charge in [-0.15, -0.1) is 0 Å². The third-order valence-corrected chi connectivity index (χ3v) is 3.46. The molecule has 0 N–H and O–H groups in total. The number of rotatable bonds is 4. The molecule has 2 aromatic rings. The summed E-state index contributed by atoms with van der Waals surface area (Å²) in [5.74, 6) is 1.03. The van der Waals surface area contributed by atoms with Gasteiger partial charge in [0.1, 0.15) is 12.1 Å². The van der Waals surface area contributed by atoms with Crippen molar-refractivity contribution in [3.63, 3.8) is 0 Å². The first-order valence-electron chi connectivity index (χ1n) is 5.83. The van der Waals surface area contributed by atoms with Crippen LogP contribution in [0.15, 0.2) is 24.5 Å². The number of unbranched alkanes of at least 4 members (excludes halogenated alkanes) is 1. The van der Waals surface area contributed by atoms with Crippen LogP contribution in [-0.2, 0) is 0 Å². The van der Waals surface area contributed by atoms with E-state index in [0.717, 1.165) is 23.3 Å². The summed E-state index contributed by atoms with van der Waals surface area (Å²) in [4.78, 5) is 10.9. The smallest absolute Gasteiger partial charge is 0.139 e. The summed E-state index contributed by atoms with van der Waals surface area (Å²) in [7, 11) is 2.09. The van der Waals surface area contributed by atoms with Gasteiger partial charge in [0.05, 0.1) is 5.52 Å². The summed E-state index contributed by atoms with van der Waals surface area (Å²) in [5, 5.41) is 1.14. The molecule has 2 rings (SSSR count). The molecule has 0 unspecified atom stereocenters. The van der Waals surface area contributed by atoms with Gasteiger partial charge >= 0.3 is 0 Å². The molecule has 0 aliphatic heterocycles. The minimum atomic E-state index is 0. The zero-order valence-electron chi connectivity index (χ0n) is 10.5. The maximum absolute atomic E-state index is 4.41. The number of halogens is 2. The molecule has 98 valence electrons. The minimum absolute atomic E-state index is 0. The first kappa shape index (κ1) is 15.4. The lowest BCUT2D eigenvalue weighted by Crippen LogP contribution is -3.00. The number of hydrogen-bond acceptors (Lipinski definition) is 3. The fraction of sp³-hybridized carbons (Fsp3) is 0.385. The van der Waals surface area contributed by atoms with E-state index in [2.05, 4.69) is 69.6 Å². The molecule has 0 atom stereocenters. The van der Waals surface area contributed by atoms with Gasteiger partial charge in [0.2, 0.25) is 0 Å². The molecule has 0 aliphatic carbocycles. The molecule has 3 nitrogen and oxygen atoms in total. The van der Waals surface area contributed by atoms with Gasteiger partial charge in [0.25, 0.3) is 0 Å². The van der Waals surface area contributed by atoms with Crippen LogP contribution in [0.3, 0.4) is 0 Å². The third-order valence-electron chi connectivity index (χ3n) is 2.78. The van der Waals surface area contributed by atoms with Crippen LogP contribution in [0.5, 0.6) is 0 Å². The van der Waals surface area contributed by atoms with E-state index in [1.807, 2.05) is 0 Å². The average Bonchev–Trinajstić information content (AvgIpc) is 2.35. The molecule has 1 aromatic heterocycles. The number of benzene rings is 1. The summed E-state index contributed by atoms with van der Waals surface area (Å²) < 4.78 is 1.22. The average molecular weight is 377 g/mol. The van der Waals surface area contributed by atoms with Gasteiger partial charge in [0.15, 0.2) is 0 Å². The van der Waals surface area contributed by atoms with Crippen LogP contribution in [-0.4, -0.2) is 23.6 Å². The number of fused-ring (bicyclic) bond motifs is 1. The van der Waals surface area contributed by atoms with E-state index in [9.17, 15) is 0 Å². The van der Waals surface area contributed by atoms with Crippen LogP contribution < -0.4 is 17.3 Å². The van der Waals surface area contributed by atoms with Gasteiger partial charge in [-0.05, 0) is 47.2 Å². The molecule has 0 spiro atoms. The van der Waals surface area contributed by atoms with Crippen molar-refractivity contribution in [2.75, 3.05) is 18.5 Å². The second kappa shape index (κ2) is 7.09. The largest absolute Gasteiger partial charge is 1.00 e. The fourth-order valence-electron chi connectivity index (χ4n) is 1.82. The van der Waals surface area contributed by atoms with Crippen molar-refractivity contribution in [2.24, 2.45) is 0 Å². The summed E-state index contributed by atoms with van der Waals surface area (Å²) in [6, 6.07) is 6.27. The van der Waals surface area contributed by atoms with Crippen molar-refractivity contribution < 1.29 is 12.4 Å². The standard InChI is InChI=1S/C13H16IN3.ClH/c1-3-4-7-17(2)13-11-8-10(14)5-6-12(11)15-9-16-13;/h5-6,8-9H,3-4,7H2,1-2H3;1H/p-1. The van der Waals surface area contributed by atoms with Crippen molar-refractivity contribution in [3.05, 3.63) is 28.1 Å². The highest BCUT2D eigenvalue weighted by atomic mass is 127. The van der Waals surface area contributed by atoms with Crippen LogP contribution in [0.25, 0.3) is 10.9 Å². The Morgan fingerprint density at radius 1 is 1.28 bits per heavy atom. The summed E-state index contributed by atoms with van der Waals surface area (Å²) >= 11 is 2.32. The molecular formula is C13H16ClIN3-. The second-order valence-electron chi connectivity index (χ2n) is 4.13. The highest BCUT2D eigenvalue weighted by Gasteiger charge is 2.08. The topological polar surface area (TPSA) is 29.0 Å². The lowest BCUT2D eigenvalue weighted by molar-refractivity contribution is -0.00000351. The van der Waals surface area contributed by atoms with E-state index >= 15 is 0 Å². The van der Waals surface area contributed by atoms with E-state index in [-0.39, 0.29) is 12.4 Å². The molecular weight excluding hydrogens is 361 g/mol. The zero-order chi connectivity index (χ0) is 12.3. The Morgan fingerprint density at radius 2 is 2.06 bits per heavy atom. The Kier molecular flexibility index (Phi) is 6.08. The number of nitrogens with zero attached hydrogens (tertiary/aromatic N) is 3. The molecule has 18 heavy (non-hydrogen) atoms. The zero-order valence-corrected chi connectivity index (χ0v) is 13.4. The van der Waals surface area contributed by atoms with Gasteiger partial charge < -0.3 is 17.3 Å². The van der Waals surface area contributed by atoms with Crippen LogP contribution in [0.4, 0.5) is 5.82 Å². The van der Waals surface area contributed by atoms with Crippen molar-refractivity contribution in [2.45, 2.75) is 19.8 Å². The lowest BCUT2D eigenvalue weighted by atomic mass is 10.2. The molecule has 1 aromatic carbocycles. The number of anilines is 1. The molecule has 0 saturated carbocycles. The monoisotopic (exact) mass is 376 g/mol. The van der Waals surface area contributed by atoms with Gasteiger partial charge in [-0.1, -0.05) is 13.3 Å². The first-order valence-corrected chi connectivity index (χ1v) is 6.91. The highest BCUT2D eigenvalue weighted by molar-refractivity contribution is 14.1. The van der Waals surface area contributed by atoms with Crippen LogP contribution in [0.1, 0.15) is 19.8 Å². The molecule has 0 fully saturated rings. The Morgan fingerprint density at radius 3 is 2.78 bits per heavy atom. The summed E-state index contributed by atoms with van der Waals surface area (Å²) in [6.45, 7) is 3.24. The molecule has 0 aliphatic rings. The van der Waals surface area contributed by atoms with E-state index < -0.39 is 0 Å². The molecule has 0 amide bonds. The van der Waals surface area contributed by atoms with Crippen LogP contribution in [0, 0.1) is 3.57 Å². The molecule has 0 bridgehead atoms. The predicted molar refractivity (Wildman–Crippen MR) is 80.4 cm³/mol. The van der Waals surface area contributed by atoms with Gasteiger partial charge in [-0.2, -0.15) is 0 Å². The minimum Gasteiger partial charge on any atom is -1.00 e. The lowest BCUT2D eigenvalue weighted by Gasteiger charge is -2.19. The van der Waals surface area contributed by atoms with E-state index in [4.69, 9.17) is 0 Å².